The van der Waals surface area contributed by atoms with Gasteiger partial charge >= 0.3 is 0 Å². The first-order valence-corrected chi connectivity index (χ1v) is 8.62. The van der Waals surface area contributed by atoms with E-state index in [-0.39, 0.29) is 23.7 Å². The lowest BCUT2D eigenvalue weighted by Crippen LogP contribution is -2.20. The number of halogens is 1. The second kappa shape index (κ2) is 6.52. The predicted molar refractivity (Wildman–Crippen MR) is 101 cm³/mol. The van der Waals surface area contributed by atoms with E-state index in [4.69, 9.17) is 11.6 Å². The number of carbonyl (C=O) groups is 2. The summed E-state index contributed by atoms with van der Waals surface area (Å²) in [6, 6.07) is 13.0. The zero-order valence-electron chi connectivity index (χ0n) is 14.5. The Bertz CT molecular complexity index is 823. The molecule has 2 aromatic carbocycles. The van der Waals surface area contributed by atoms with Gasteiger partial charge in [0.1, 0.15) is 0 Å². The SMILES string of the molecule is CC(C)(C)c1ccc(NC(=O)CC2C(=O)Nc3ccc(Cl)cc32)cc1. The first kappa shape index (κ1) is 17.5. The number of hydrogen-bond donors (Lipinski definition) is 2. The van der Waals surface area contributed by atoms with Gasteiger partial charge in [0.15, 0.2) is 0 Å². The number of benzene rings is 2. The molecular formula is C20H21ClN2O2. The Morgan fingerprint density at radius 2 is 1.84 bits per heavy atom. The molecule has 1 atom stereocenters. The number of nitrogens with one attached hydrogen (secondary N) is 2. The van der Waals surface area contributed by atoms with Gasteiger partial charge in [0.25, 0.3) is 0 Å². The molecule has 1 unspecified atom stereocenters. The summed E-state index contributed by atoms with van der Waals surface area (Å²) >= 11 is 6.01. The van der Waals surface area contributed by atoms with Crippen LogP contribution in [0.25, 0.3) is 0 Å². The lowest BCUT2D eigenvalue weighted by Gasteiger charge is -2.19. The van der Waals surface area contributed by atoms with Gasteiger partial charge in [0.2, 0.25) is 11.8 Å². The molecule has 5 heteroatoms. The molecule has 0 radical (unpaired) electrons. The quantitative estimate of drug-likeness (QED) is 0.837. The Labute approximate surface area is 152 Å². The number of amides is 2. The molecule has 130 valence electrons. The van der Waals surface area contributed by atoms with E-state index >= 15 is 0 Å². The summed E-state index contributed by atoms with van der Waals surface area (Å²) in [5.74, 6) is -0.880. The molecule has 0 saturated heterocycles. The first-order valence-electron chi connectivity index (χ1n) is 8.25. The van der Waals surface area contributed by atoms with Crippen LogP contribution >= 0.6 is 11.6 Å². The van der Waals surface area contributed by atoms with E-state index in [1.807, 2.05) is 24.3 Å². The average molecular weight is 357 g/mol. The van der Waals surface area contributed by atoms with E-state index in [1.165, 1.54) is 5.56 Å². The second-order valence-corrected chi connectivity index (χ2v) is 7.79. The molecule has 2 aromatic rings. The van der Waals surface area contributed by atoms with E-state index in [2.05, 4.69) is 31.4 Å². The zero-order chi connectivity index (χ0) is 18.2. The minimum absolute atomic E-state index is 0.0629. The number of anilines is 2. The topological polar surface area (TPSA) is 58.2 Å². The summed E-state index contributed by atoms with van der Waals surface area (Å²) in [6.07, 6.45) is 0.0835. The fourth-order valence-corrected chi connectivity index (χ4v) is 3.13. The maximum atomic E-state index is 12.4. The van der Waals surface area contributed by atoms with Crippen LogP contribution in [0.4, 0.5) is 11.4 Å². The van der Waals surface area contributed by atoms with Crippen LogP contribution in [0, 0.1) is 0 Å². The molecule has 0 spiro atoms. The maximum absolute atomic E-state index is 12.4. The van der Waals surface area contributed by atoms with Crippen LogP contribution in [0.2, 0.25) is 5.02 Å². The molecule has 0 fully saturated rings. The zero-order valence-corrected chi connectivity index (χ0v) is 15.3. The third-order valence-corrected chi connectivity index (χ3v) is 4.62. The van der Waals surface area contributed by atoms with Crippen LogP contribution < -0.4 is 10.6 Å². The van der Waals surface area contributed by atoms with Crippen LogP contribution in [-0.2, 0) is 15.0 Å². The molecule has 3 rings (SSSR count). The fourth-order valence-electron chi connectivity index (χ4n) is 2.95. The van der Waals surface area contributed by atoms with Gasteiger partial charge in [0, 0.05) is 22.8 Å². The maximum Gasteiger partial charge on any atom is 0.232 e. The smallest absolute Gasteiger partial charge is 0.232 e. The van der Waals surface area contributed by atoms with E-state index in [9.17, 15) is 9.59 Å². The van der Waals surface area contributed by atoms with Gasteiger partial charge in [0.05, 0.1) is 5.92 Å². The molecule has 0 bridgehead atoms. The number of fused-ring (bicyclic) bond motifs is 1. The van der Waals surface area contributed by atoms with Crippen molar-refractivity contribution in [2.75, 3.05) is 10.6 Å². The lowest BCUT2D eigenvalue weighted by molar-refractivity contribution is -0.122. The van der Waals surface area contributed by atoms with Crippen molar-refractivity contribution in [3.63, 3.8) is 0 Å². The van der Waals surface area contributed by atoms with Crippen molar-refractivity contribution in [2.24, 2.45) is 0 Å². The first-order chi connectivity index (χ1) is 11.7. The van der Waals surface area contributed by atoms with Crippen molar-refractivity contribution in [1.82, 2.24) is 0 Å². The standard InChI is InChI=1S/C20H21ClN2O2/c1-20(2,3)12-4-7-14(8-5-12)22-18(24)11-16-15-10-13(21)6-9-17(15)23-19(16)25/h4-10,16H,11H2,1-3H3,(H,22,24)(H,23,25). The van der Waals surface area contributed by atoms with Gasteiger partial charge in [-0.15, -0.1) is 0 Å². The molecular weight excluding hydrogens is 336 g/mol. The van der Waals surface area contributed by atoms with Crippen molar-refractivity contribution in [2.45, 2.75) is 38.5 Å². The lowest BCUT2D eigenvalue weighted by atomic mass is 9.87. The summed E-state index contributed by atoms with van der Waals surface area (Å²) in [5, 5.41) is 6.21. The predicted octanol–water partition coefficient (Wildman–Crippen LogP) is 4.70. The summed E-state index contributed by atoms with van der Waals surface area (Å²) < 4.78 is 0. The Hall–Kier alpha value is -2.33. The Morgan fingerprint density at radius 1 is 1.16 bits per heavy atom. The molecule has 0 aliphatic carbocycles. The summed E-state index contributed by atoms with van der Waals surface area (Å²) in [7, 11) is 0. The van der Waals surface area contributed by atoms with Crippen LogP contribution in [0.1, 0.15) is 44.2 Å². The molecule has 0 aromatic heterocycles. The summed E-state index contributed by atoms with van der Waals surface area (Å²) in [4.78, 5) is 24.5. The van der Waals surface area contributed by atoms with Crippen molar-refractivity contribution in [1.29, 1.82) is 0 Å². The van der Waals surface area contributed by atoms with E-state index in [0.717, 1.165) is 16.9 Å². The van der Waals surface area contributed by atoms with Gasteiger partial charge in [-0.3, -0.25) is 9.59 Å². The van der Waals surface area contributed by atoms with Crippen LogP contribution in [0.3, 0.4) is 0 Å². The monoisotopic (exact) mass is 356 g/mol. The van der Waals surface area contributed by atoms with Gasteiger partial charge in [-0.05, 0) is 46.9 Å². The number of hydrogen-bond acceptors (Lipinski definition) is 2. The largest absolute Gasteiger partial charge is 0.326 e. The fraction of sp³-hybridized carbons (Fsp3) is 0.300. The molecule has 2 N–H and O–H groups in total. The Morgan fingerprint density at radius 3 is 2.48 bits per heavy atom. The molecule has 2 amide bonds. The third-order valence-electron chi connectivity index (χ3n) is 4.39. The highest BCUT2D eigenvalue weighted by atomic mass is 35.5. The minimum Gasteiger partial charge on any atom is -0.326 e. The van der Waals surface area contributed by atoms with E-state index < -0.39 is 5.92 Å². The average Bonchev–Trinajstić information content (AvgIpc) is 2.82. The molecule has 1 aliphatic heterocycles. The minimum atomic E-state index is -0.512. The molecule has 1 aliphatic rings. The van der Waals surface area contributed by atoms with E-state index in [0.29, 0.717) is 5.02 Å². The van der Waals surface area contributed by atoms with Crippen molar-refractivity contribution in [3.8, 4) is 0 Å². The van der Waals surface area contributed by atoms with Crippen LogP contribution in [0.15, 0.2) is 42.5 Å². The molecule has 1 heterocycles. The summed E-state index contributed by atoms with van der Waals surface area (Å²) in [6.45, 7) is 6.42. The Kier molecular flexibility index (Phi) is 4.56. The molecule has 4 nitrogen and oxygen atoms in total. The van der Waals surface area contributed by atoms with Gasteiger partial charge in [-0.25, -0.2) is 0 Å². The van der Waals surface area contributed by atoms with Gasteiger partial charge in [-0.2, -0.15) is 0 Å². The van der Waals surface area contributed by atoms with Crippen molar-refractivity contribution >= 4 is 34.8 Å². The Balaban J connectivity index is 1.69. The number of rotatable bonds is 3. The number of carbonyl (C=O) groups excluding carboxylic acids is 2. The normalized spacial score (nSPS) is 16.3. The third kappa shape index (κ3) is 3.85. The van der Waals surface area contributed by atoms with Crippen LogP contribution in [-0.4, -0.2) is 11.8 Å². The second-order valence-electron chi connectivity index (χ2n) is 7.35. The van der Waals surface area contributed by atoms with Gasteiger partial charge < -0.3 is 10.6 Å². The van der Waals surface area contributed by atoms with E-state index in [1.54, 1.807) is 18.2 Å². The highest BCUT2D eigenvalue weighted by Gasteiger charge is 2.32. The highest BCUT2D eigenvalue weighted by Crippen LogP contribution is 2.36. The van der Waals surface area contributed by atoms with Crippen molar-refractivity contribution in [3.05, 3.63) is 58.6 Å². The highest BCUT2D eigenvalue weighted by molar-refractivity contribution is 6.31. The van der Waals surface area contributed by atoms with Gasteiger partial charge in [-0.1, -0.05) is 44.5 Å². The van der Waals surface area contributed by atoms with Crippen molar-refractivity contribution < 1.29 is 9.59 Å². The molecule has 25 heavy (non-hydrogen) atoms. The van der Waals surface area contributed by atoms with Crippen LogP contribution in [0.5, 0.6) is 0 Å². The summed E-state index contributed by atoms with van der Waals surface area (Å²) in [5.41, 5.74) is 3.48. The molecule has 0 saturated carbocycles.